The van der Waals surface area contributed by atoms with Crippen LogP contribution in [0.4, 0.5) is 4.39 Å². The van der Waals surface area contributed by atoms with Gasteiger partial charge in [-0.1, -0.05) is 12.6 Å². The van der Waals surface area contributed by atoms with Crippen molar-refractivity contribution >= 4 is 12.4 Å². The molecule has 7 nitrogen and oxygen atoms in total. The fraction of sp³-hybridized carbons (Fsp3) is 0.273. The lowest BCUT2D eigenvalue weighted by atomic mass is 10.0. The Labute approximate surface area is 174 Å². The molecule has 0 saturated carbocycles. The highest BCUT2D eigenvalue weighted by molar-refractivity contribution is 5.86. The van der Waals surface area contributed by atoms with Crippen LogP contribution in [0.5, 0.6) is 17.2 Å². The van der Waals surface area contributed by atoms with Gasteiger partial charge in [0.05, 0.1) is 6.61 Å². The van der Waals surface area contributed by atoms with E-state index in [0.29, 0.717) is 34.8 Å². The van der Waals surface area contributed by atoms with Gasteiger partial charge in [0.25, 0.3) is 6.47 Å². The summed E-state index contributed by atoms with van der Waals surface area (Å²) in [5.74, 6) is -0.168. The summed E-state index contributed by atoms with van der Waals surface area (Å²) in [4.78, 5) is 21.8. The highest BCUT2D eigenvalue weighted by Crippen LogP contribution is 2.34. The predicted molar refractivity (Wildman–Crippen MR) is 107 cm³/mol. The van der Waals surface area contributed by atoms with Crippen LogP contribution < -0.4 is 14.2 Å². The molecule has 0 N–H and O–H groups in total. The molecule has 0 bridgehead atoms. The van der Waals surface area contributed by atoms with Crippen molar-refractivity contribution < 1.29 is 37.7 Å². The lowest BCUT2D eigenvalue weighted by Gasteiger charge is -2.15. The molecule has 2 rings (SSSR count). The Morgan fingerprint density at radius 2 is 1.77 bits per heavy atom. The van der Waals surface area contributed by atoms with Crippen molar-refractivity contribution in [3.8, 4) is 28.4 Å². The average molecular weight is 418 g/mol. The third-order valence-electron chi connectivity index (χ3n) is 3.85. The van der Waals surface area contributed by atoms with Crippen LogP contribution >= 0.6 is 0 Å². The summed E-state index contributed by atoms with van der Waals surface area (Å²) in [7, 11) is 1.55. The monoisotopic (exact) mass is 418 g/mol. The zero-order chi connectivity index (χ0) is 21.9. The van der Waals surface area contributed by atoms with Crippen molar-refractivity contribution in [2.75, 3.05) is 33.5 Å². The molecule has 2 aromatic carbocycles. The number of rotatable bonds is 12. The second-order valence-corrected chi connectivity index (χ2v) is 6.12. The van der Waals surface area contributed by atoms with Crippen LogP contribution in [0.2, 0.25) is 0 Å². The van der Waals surface area contributed by atoms with Crippen LogP contribution in [0.3, 0.4) is 0 Å². The maximum absolute atomic E-state index is 14.4. The minimum Gasteiger partial charge on any atom is -0.487 e. The van der Waals surface area contributed by atoms with Gasteiger partial charge in [-0.15, -0.1) is 0 Å². The van der Waals surface area contributed by atoms with Gasteiger partial charge < -0.3 is 23.7 Å². The summed E-state index contributed by atoms with van der Waals surface area (Å²) in [5.41, 5.74) is 1.14. The van der Waals surface area contributed by atoms with Gasteiger partial charge in [-0.25, -0.2) is 9.18 Å². The van der Waals surface area contributed by atoms with Crippen LogP contribution in [0, 0.1) is 5.82 Å². The highest BCUT2D eigenvalue weighted by Gasteiger charge is 2.13. The second kappa shape index (κ2) is 11.6. The van der Waals surface area contributed by atoms with E-state index in [-0.39, 0.29) is 32.0 Å². The number of esters is 1. The molecule has 0 atom stereocenters. The van der Waals surface area contributed by atoms with Gasteiger partial charge in [-0.05, 0) is 36.8 Å². The third kappa shape index (κ3) is 6.59. The second-order valence-electron chi connectivity index (χ2n) is 6.12. The first kappa shape index (κ1) is 22.9. The van der Waals surface area contributed by atoms with E-state index in [9.17, 15) is 14.0 Å². The number of hydrogen-bond acceptors (Lipinski definition) is 7. The first-order chi connectivity index (χ1) is 14.5. The summed E-state index contributed by atoms with van der Waals surface area (Å²) in [6, 6.07) is 9.03. The van der Waals surface area contributed by atoms with Crippen molar-refractivity contribution in [3.05, 3.63) is 54.4 Å². The molecular weight excluding hydrogens is 395 g/mol. The largest absolute Gasteiger partial charge is 0.487 e. The Bertz CT molecular complexity index is 895. The average Bonchev–Trinajstić information content (AvgIpc) is 2.72. The first-order valence-corrected chi connectivity index (χ1v) is 9.07. The van der Waals surface area contributed by atoms with Crippen LogP contribution in [0.15, 0.2) is 48.6 Å². The van der Waals surface area contributed by atoms with Gasteiger partial charge in [0, 0.05) is 24.3 Å². The van der Waals surface area contributed by atoms with Crippen LogP contribution in [-0.4, -0.2) is 46.0 Å². The van der Waals surface area contributed by atoms with E-state index in [4.69, 9.17) is 18.9 Å². The van der Waals surface area contributed by atoms with Crippen LogP contribution in [-0.2, 0) is 19.1 Å². The Balaban J connectivity index is 2.17. The maximum atomic E-state index is 14.4. The highest BCUT2D eigenvalue weighted by atomic mass is 19.1. The Morgan fingerprint density at radius 3 is 2.43 bits per heavy atom. The topological polar surface area (TPSA) is 80.3 Å². The van der Waals surface area contributed by atoms with Gasteiger partial charge in [0.15, 0.2) is 11.5 Å². The van der Waals surface area contributed by atoms with Crippen LogP contribution in [0.1, 0.15) is 6.92 Å². The molecule has 0 radical (unpaired) electrons. The van der Waals surface area contributed by atoms with Gasteiger partial charge in [0.2, 0.25) is 0 Å². The Hall–Kier alpha value is -3.39. The molecule has 2 aromatic rings. The summed E-state index contributed by atoms with van der Waals surface area (Å²) in [5, 5.41) is 0. The molecule has 0 saturated heterocycles. The number of carbonyl (C=O) groups is 2. The number of carbonyl (C=O) groups excluding carboxylic acids is 2. The lowest BCUT2D eigenvalue weighted by molar-refractivity contribution is -0.139. The molecule has 0 aliphatic heterocycles. The number of ether oxygens (including phenoxy) is 5. The van der Waals surface area contributed by atoms with Gasteiger partial charge in [0.1, 0.15) is 31.4 Å². The fourth-order valence-corrected chi connectivity index (χ4v) is 2.41. The number of benzene rings is 2. The molecule has 8 heteroatoms. The quantitative estimate of drug-likeness (QED) is 0.226. The lowest BCUT2D eigenvalue weighted by Crippen LogP contribution is -2.13. The Morgan fingerprint density at radius 1 is 1.03 bits per heavy atom. The normalized spacial score (nSPS) is 10.2. The molecule has 0 unspecified atom stereocenters. The van der Waals surface area contributed by atoms with E-state index >= 15 is 0 Å². The molecule has 0 aliphatic carbocycles. The summed E-state index contributed by atoms with van der Waals surface area (Å²) in [6.07, 6.45) is 0. The SMILES string of the molecule is C=C(C)C(=O)OCCOc1ccc(-c2ccc(OC=O)cc2F)cc1OCCOC. The molecule has 30 heavy (non-hydrogen) atoms. The van der Waals surface area contributed by atoms with Crippen LogP contribution in [0.25, 0.3) is 11.1 Å². The van der Waals surface area contributed by atoms with Crippen molar-refractivity contribution in [1.82, 2.24) is 0 Å². The maximum Gasteiger partial charge on any atom is 0.333 e. The van der Waals surface area contributed by atoms with E-state index in [1.54, 1.807) is 32.2 Å². The van der Waals surface area contributed by atoms with Crippen molar-refractivity contribution in [3.63, 3.8) is 0 Å². The van der Waals surface area contributed by atoms with Gasteiger partial charge in [-0.2, -0.15) is 0 Å². The minimum atomic E-state index is -0.558. The zero-order valence-electron chi connectivity index (χ0n) is 16.8. The molecular formula is C22H23FO7. The summed E-state index contributed by atoms with van der Waals surface area (Å²) in [6.45, 7) is 6.05. The number of methoxy groups -OCH3 is 1. The smallest absolute Gasteiger partial charge is 0.333 e. The molecule has 0 heterocycles. The summed E-state index contributed by atoms with van der Waals surface area (Å²) < 4.78 is 40.4. The molecule has 0 spiro atoms. The predicted octanol–water partition coefficient (Wildman–Crippen LogP) is 3.55. The third-order valence-corrected chi connectivity index (χ3v) is 3.85. The Kier molecular flexibility index (Phi) is 8.83. The van der Waals surface area contributed by atoms with E-state index in [1.807, 2.05) is 0 Å². The molecule has 0 fully saturated rings. The minimum absolute atomic E-state index is 0.0395. The van der Waals surface area contributed by atoms with Gasteiger partial charge in [-0.3, -0.25) is 4.79 Å². The summed E-state index contributed by atoms with van der Waals surface area (Å²) >= 11 is 0. The fourth-order valence-electron chi connectivity index (χ4n) is 2.41. The number of hydrogen-bond donors (Lipinski definition) is 0. The first-order valence-electron chi connectivity index (χ1n) is 9.07. The molecule has 160 valence electrons. The molecule has 0 aliphatic rings. The molecule has 0 aromatic heterocycles. The van der Waals surface area contributed by atoms with Crippen molar-refractivity contribution in [2.24, 2.45) is 0 Å². The zero-order valence-corrected chi connectivity index (χ0v) is 16.8. The van der Waals surface area contributed by atoms with Crippen molar-refractivity contribution in [2.45, 2.75) is 6.92 Å². The van der Waals surface area contributed by atoms with E-state index in [2.05, 4.69) is 11.3 Å². The molecule has 0 amide bonds. The van der Waals surface area contributed by atoms with Gasteiger partial charge >= 0.3 is 5.97 Å². The number of halogens is 1. The van der Waals surface area contributed by atoms with Crippen molar-refractivity contribution in [1.29, 1.82) is 0 Å². The van der Waals surface area contributed by atoms with E-state index in [1.165, 1.54) is 12.1 Å². The van der Waals surface area contributed by atoms with E-state index < -0.39 is 11.8 Å². The van der Waals surface area contributed by atoms with E-state index in [0.717, 1.165) is 6.07 Å². The standard InChI is InChI=1S/C22H23FO7/c1-15(2)22(25)29-11-10-27-20-7-4-16(12-21(20)28-9-8-26-3)18-6-5-17(30-14-24)13-19(18)23/h4-7,12-14H,1,8-11H2,2-3H3.